The van der Waals surface area contributed by atoms with Crippen LogP contribution in [-0.2, 0) is 24.0 Å². The van der Waals surface area contributed by atoms with Crippen molar-refractivity contribution < 1.29 is 33.9 Å². The Kier molecular flexibility index (Phi) is 6.93. The van der Waals surface area contributed by atoms with E-state index in [0.29, 0.717) is 0 Å². The molecule has 3 rings (SSSR count). The molecule has 1 aromatic heterocycles. The van der Waals surface area contributed by atoms with Crippen LogP contribution in [0.25, 0.3) is 10.4 Å². The average Bonchev–Trinajstić information content (AvgIpc) is 3.40. The van der Waals surface area contributed by atoms with Crippen molar-refractivity contribution in [2.24, 2.45) is 10.3 Å². The number of azide groups is 1. The molecule has 0 aromatic carbocycles. The number of nitrogens with zero attached hydrogens (tertiary/aromatic N) is 5. The topological polar surface area (TPSA) is 217 Å². The van der Waals surface area contributed by atoms with E-state index in [2.05, 4.69) is 36.1 Å². The summed E-state index contributed by atoms with van der Waals surface area (Å²) in [5.74, 6) is -2.60. The summed E-state index contributed by atoms with van der Waals surface area (Å²) >= 11 is 0.965. The summed E-state index contributed by atoms with van der Waals surface area (Å²) < 4.78 is 5.15. The van der Waals surface area contributed by atoms with Gasteiger partial charge in [0.1, 0.15) is 17.3 Å². The Balaban J connectivity index is 1.79. The number of aromatic nitrogens is 1. The van der Waals surface area contributed by atoms with Crippen LogP contribution in [-0.4, -0.2) is 69.5 Å². The SMILES string of the molecule is CC(C)(C)OC(=O)Nc1nc(/C(=N/OC2(C(=O)O)CC2)C(=O)NC2C(=O)N[C@H]2CN=[N+]=[N-])cs1. The van der Waals surface area contributed by atoms with Crippen LogP contribution in [0.2, 0.25) is 0 Å². The number of oxime groups is 1. The zero-order valence-electron chi connectivity index (χ0n) is 18.4. The minimum Gasteiger partial charge on any atom is -0.478 e. The minimum atomic E-state index is -1.53. The summed E-state index contributed by atoms with van der Waals surface area (Å²) in [6.07, 6.45) is -0.340. The second-order valence-corrected chi connectivity index (χ2v) is 9.33. The molecule has 2 heterocycles. The monoisotopic (exact) mass is 494 g/mol. The number of carboxylic acids is 1. The number of amides is 3. The number of β-lactam (4-membered cyclic amide) rings is 1. The number of carbonyl (C=O) groups is 4. The van der Waals surface area contributed by atoms with Crippen molar-refractivity contribution in [1.82, 2.24) is 15.6 Å². The van der Waals surface area contributed by atoms with Gasteiger partial charge in [-0.05, 0) is 26.3 Å². The van der Waals surface area contributed by atoms with Gasteiger partial charge in [-0.25, -0.2) is 14.6 Å². The van der Waals surface area contributed by atoms with E-state index in [-0.39, 0.29) is 30.2 Å². The normalized spacial score (nSPS) is 20.7. The Morgan fingerprint density at radius 3 is 2.68 bits per heavy atom. The second-order valence-electron chi connectivity index (χ2n) is 8.48. The summed E-state index contributed by atoms with van der Waals surface area (Å²) in [5, 5.41) is 25.3. The fourth-order valence-electron chi connectivity index (χ4n) is 2.72. The number of carboxylic acid groups (broad SMARTS) is 1. The standard InChI is InChI=1S/C18H22N8O7S/c1-17(2,3)32-16(31)24-15-22-9(7-34-15)11(25-33-18(4-5-18)14(29)30)13(28)23-10-8(6-20-26-19)21-12(10)27/h7-8,10H,4-6H2,1-3H3,(H,21,27)(H,23,28)(H,29,30)(H,22,24,31)/b25-11-/t8-,10?/m0/s1. The van der Waals surface area contributed by atoms with Crippen molar-refractivity contribution in [3.05, 3.63) is 21.5 Å². The smallest absolute Gasteiger partial charge is 0.413 e. The van der Waals surface area contributed by atoms with Gasteiger partial charge in [-0.2, -0.15) is 0 Å². The average molecular weight is 494 g/mol. The number of thiazole rings is 1. The Morgan fingerprint density at radius 1 is 1.41 bits per heavy atom. The number of hydrogen-bond donors (Lipinski definition) is 4. The van der Waals surface area contributed by atoms with Crippen LogP contribution in [0.1, 0.15) is 39.3 Å². The van der Waals surface area contributed by atoms with Crippen LogP contribution in [0.4, 0.5) is 9.93 Å². The van der Waals surface area contributed by atoms with Gasteiger partial charge in [-0.15, -0.1) is 11.3 Å². The van der Waals surface area contributed by atoms with Crippen molar-refractivity contribution in [3.8, 4) is 0 Å². The van der Waals surface area contributed by atoms with E-state index < -0.39 is 52.9 Å². The van der Waals surface area contributed by atoms with Gasteiger partial charge in [0.2, 0.25) is 11.5 Å². The Bertz CT molecular complexity index is 1080. The van der Waals surface area contributed by atoms with Crippen molar-refractivity contribution >= 4 is 46.1 Å². The molecule has 1 saturated heterocycles. The fraction of sp³-hybridized carbons (Fsp3) is 0.556. The number of hydrogen-bond acceptors (Lipinski definition) is 10. The molecule has 1 saturated carbocycles. The summed E-state index contributed by atoms with van der Waals surface area (Å²) in [4.78, 5) is 60.1. The third-order valence-electron chi connectivity index (χ3n) is 4.62. The minimum absolute atomic E-state index is 0.0268. The zero-order valence-corrected chi connectivity index (χ0v) is 19.2. The van der Waals surface area contributed by atoms with Gasteiger partial charge in [0.15, 0.2) is 10.8 Å². The molecular weight excluding hydrogens is 472 g/mol. The van der Waals surface area contributed by atoms with Gasteiger partial charge in [-0.1, -0.05) is 10.3 Å². The molecule has 2 atom stereocenters. The Morgan fingerprint density at radius 2 is 2.12 bits per heavy atom. The van der Waals surface area contributed by atoms with Crippen molar-refractivity contribution in [2.75, 3.05) is 11.9 Å². The maximum Gasteiger partial charge on any atom is 0.413 e. The van der Waals surface area contributed by atoms with Gasteiger partial charge >= 0.3 is 12.1 Å². The lowest BCUT2D eigenvalue weighted by atomic mass is 9.99. The third kappa shape index (κ3) is 5.90. The number of rotatable bonds is 9. The number of carbonyl (C=O) groups excluding carboxylic acids is 3. The highest BCUT2D eigenvalue weighted by molar-refractivity contribution is 7.14. The number of nitrogens with one attached hydrogen (secondary N) is 3. The third-order valence-corrected chi connectivity index (χ3v) is 5.37. The number of anilines is 1. The summed E-state index contributed by atoms with van der Waals surface area (Å²) in [5.41, 5.74) is 5.76. The molecule has 16 heteroatoms. The van der Waals surface area contributed by atoms with E-state index in [9.17, 15) is 24.3 Å². The maximum atomic E-state index is 12.9. The molecule has 1 aliphatic carbocycles. The van der Waals surface area contributed by atoms with E-state index in [4.69, 9.17) is 15.1 Å². The highest BCUT2D eigenvalue weighted by atomic mass is 32.1. The van der Waals surface area contributed by atoms with Crippen LogP contribution in [0, 0.1) is 0 Å². The van der Waals surface area contributed by atoms with E-state index in [1.54, 1.807) is 20.8 Å². The Hall–Kier alpha value is -3.91. The van der Waals surface area contributed by atoms with Crippen LogP contribution in [0.15, 0.2) is 15.7 Å². The number of ether oxygens (including phenoxy) is 1. The molecular formula is C18H22N8O7S. The first kappa shape index (κ1) is 24.7. The molecule has 3 amide bonds. The molecule has 15 nitrogen and oxygen atoms in total. The highest BCUT2D eigenvalue weighted by Gasteiger charge is 2.54. The van der Waals surface area contributed by atoms with Crippen LogP contribution >= 0.6 is 11.3 Å². The molecule has 0 bridgehead atoms. The Labute approximate surface area is 196 Å². The molecule has 2 aliphatic rings. The van der Waals surface area contributed by atoms with Gasteiger partial charge in [0.25, 0.3) is 5.91 Å². The molecule has 4 N–H and O–H groups in total. The molecule has 0 radical (unpaired) electrons. The molecule has 0 spiro atoms. The van der Waals surface area contributed by atoms with Crippen LogP contribution in [0.5, 0.6) is 0 Å². The second kappa shape index (κ2) is 9.52. The van der Waals surface area contributed by atoms with E-state index in [0.717, 1.165) is 11.3 Å². The van der Waals surface area contributed by atoms with E-state index >= 15 is 0 Å². The van der Waals surface area contributed by atoms with Gasteiger partial charge in [-0.3, -0.25) is 14.9 Å². The van der Waals surface area contributed by atoms with Crippen molar-refractivity contribution in [1.29, 1.82) is 0 Å². The highest BCUT2D eigenvalue weighted by Crippen LogP contribution is 2.40. The van der Waals surface area contributed by atoms with Gasteiger partial charge in [0.05, 0.1) is 6.04 Å². The lowest BCUT2D eigenvalue weighted by Crippen LogP contribution is -2.70. The summed E-state index contributed by atoms with van der Waals surface area (Å²) in [6.45, 7) is 4.98. The summed E-state index contributed by atoms with van der Waals surface area (Å²) in [7, 11) is 0. The molecule has 34 heavy (non-hydrogen) atoms. The van der Waals surface area contributed by atoms with Crippen molar-refractivity contribution in [3.63, 3.8) is 0 Å². The number of aliphatic carboxylic acids is 1. The van der Waals surface area contributed by atoms with E-state index in [1.807, 2.05) is 0 Å². The quantitative estimate of drug-likeness (QED) is 0.0971. The summed E-state index contributed by atoms with van der Waals surface area (Å²) in [6, 6.07) is -1.63. The lowest BCUT2D eigenvalue weighted by molar-refractivity contribution is -0.153. The van der Waals surface area contributed by atoms with Gasteiger partial charge in [0, 0.05) is 29.7 Å². The predicted molar refractivity (Wildman–Crippen MR) is 117 cm³/mol. The first-order chi connectivity index (χ1) is 15.9. The maximum absolute atomic E-state index is 12.9. The molecule has 182 valence electrons. The molecule has 1 aliphatic heterocycles. The molecule has 2 fully saturated rings. The van der Waals surface area contributed by atoms with Crippen LogP contribution in [0.3, 0.4) is 0 Å². The van der Waals surface area contributed by atoms with E-state index in [1.165, 1.54) is 5.38 Å². The first-order valence-corrected chi connectivity index (χ1v) is 10.9. The van der Waals surface area contributed by atoms with Crippen LogP contribution < -0.4 is 16.0 Å². The molecule has 1 unspecified atom stereocenters. The predicted octanol–water partition coefficient (Wildman–Crippen LogP) is 1.12. The van der Waals surface area contributed by atoms with Gasteiger partial charge < -0.3 is 25.3 Å². The largest absolute Gasteiger partial charge is 0.478 e. The zero-order chi connectivity index (χ0) is 25.1. The molecule has 1 aromatic rings. The first-order valence-electron chi connectivity index (χ1n) is 10.0. The lowest BCUT2D eigenvalue weighted by Gasteiger charge is -2.36. The fourth-order valence-corrected chi connectivity index (χ4v) is 3.40. The van der Waals surface area contributed by atoms with Crippen molar-refractivity contribution in [2.45, 2.75) is 56.9 Å².